The molecule has 0 aliphatic rings. The molecule has 0 heterocycles. The van der Waals surface area contributed by atoms with Gasteiger partial charge >= 0.3 is 5.97 Å². The molecule has 0 saturated carbocycles. The van der Waals surface area contributed by atoms with Crippen LogP contribution in [0, 0.1) is 0 Å². The van der Waals surface area contributed by atoms with Gasteiger partial charge in [-0.05, 0) is 12.8 Å². The molecule has 1 atom stereocenters. The average Bonchev–Trinajstić information content (AvgIpc) is 3.18. The van der Waals surface area contributed by atoms with Crippen molar-refractivity contribution in [1.29, 1.82) is 0 Å². The highest BCUT2D eigenvalue weighted by Gasteiger charge is 2.13. The van der Waals surface area contributed by atoms with Crippen molar-refractivity contribution in [2.75, 3.05) is 66.6 Å². The lowest BCUT2D eigenvalue weighted by Crippen LogP contribution is -2.28. The second kappa shape index (κ2) is 48.4. The molecule has 0 spiro atoms. The normalized spacial score (nSPS) is 12.1. The summed E-state index contributed by atoms with van der Waals surface area (Å²) in [5.41, 5.74) is 0. The van der Waals surface area contributed by atoms with Gasteiger partial charge in [-0.3, -0.25) is 4.79 Å². The van der Waals surface area contributed by atoms with Crippen molar-refractivity contribution in [3.05, 3.63) is 0 Å². The predicted octanol–water partition coefficient (Wildman–Crippen LogP) is 13.5. The Morgan fingerprint density at radius 3 is 1.13 bits per heavy atom. The number of unbranched alkanes of at least 4 members (excludes halogenated alkanes) is 30. The molecule has 0 bridgehead atoms. The smallest absolute Gasteiger partial charge is 0.308 e. The van der Waals surface area contributed by atoms with E-state index in [-0.39, 0.29) is 25.1 Å². The molecule has 54 heavy (non-hydrogen) atoms. The molecule has 7 nitrogen and oxygen atoms in total. The van der Waals surface area contributed by atoms with E-state index >= 15 is 0 Å². The molecule has 0 rings (SSSR count). The van der Waals surface area contributed by atoms with Crippen LogP contribution in [0.25, 0.3) is 0 Å². The van der Waals surface area contributed by atoms with Crippen LogP contribution in [0.3, 0.4) is 0 Å². The number of ether oxygens (including phenoxy) is 6. The fourth-order valence-corrected chi connectivity index (χ4v) is 6.89. The van der Waals surface area contributed by atoms with Gasteiger partial charge in [-0.2, -0.15) is 0 Å². The predicted molar refractivity (Wildman–Crippen MR) is 229 cm³/mol. The van der Waals surface area contributed by atoms with Crippen molar-refractivity contribution >= 4 is 5.97 Å². The molecular formula is C47H94O7. The van der Waals surface area contributed by atoms with Crippen molar-refractivity contribution in [2.24, 2.45) is 0 Å². The second-order valence-corrected chi connectivity index (χ2v) is 15.8. The van der Waals surface area contributed by atoms with E-state index in [9.17, 15) is 4.79 Å². The summed E-state index contributed by atoms with van der Waals surface area (Å²) in [4.78, 5) is 12.4. The van der Waals surface area contributed by atoms with Crippen LogP contribution in [-0.2, 0) is 33.2 Å². The van der Waals surface area contributed by atoms with Gasteiger partial charge in [0.2, 0.25) is 0 Å². The number of hydrogen-bond acceptors (Lipinski definition) is 7. The van der Waals surface area contributed by atoms with Crippen molar-refractivity contribution < 1.29 is 33.2 Å². The molecule has 0 aromatic heterocycles. The van der Waals surface area contributed by atoms with Crippen LogP contribution in [0.4, 0.5) is 0 Å². The van der Waals surface area contributed by atoms with Crippen LogP contribution in [0.15, 0.2) is 0 Å². The summed E-state index contributed by atoms with van der Waals surface area (Å²) in [5, 5.41) is 0. The standard InChI is InChI=1S/C47H94O7/c1-4-6-8-10-12-14-16-18-20-22-24-26-28-30-32-34-37-52-44-46(45-54-47(48)36-39-50-42-43-51-41-40-49-3)53-38-35-33-31-29-27-25-23-21-19-17-15-13-11-9-7-5-2/h46H,4-45H2,1-3H3. The molecule has 0 fully saturated rings. The molecule has 0 aromatic carbocycles. The van der Waals surface area contributed by atoms with Gasteiger partial charge in [-0.1, -0.05) is 206 Å². The summed E-state index contributed by atoms with van der Waals surface area (Å²) in [6, 6.07) is 0. The van der Waals surface area contributed by atoms with Gasteiger partial charge in [0.25, 0.3) is 0 Å². The van der Waals surface area contributed by atoms with Crippen molar-refractivity contribution in [1.82, 2.24) is 0 Å². The van der Waals surface area contributed by atoms with Gasteiger partial charge < -0.3 is 28.4 Å². The van der Waals surface area contributed by atoms with E-state index in [4.69, 9.17) is 28.4 Å². The van der Waals surface area contributed by atoms with Gasteiger partial charge in [-0.15, -0.1) is 0 Å². The molecule has 324 valence electrons. The van der Waals surface area contributed by atoms with Crippen molar-refractivity contribution in [3.63, 3.8) is 0 Å². The molecule has 7 heteroatoms. The van der Waals surface area contributed by atoms with Gasteiger partial charge in [0.1, 0.15) is 12.7 Å². The fraction of sp³-hybridized carbons (Fsp3) is 0.979. The molecule has 0 N–H and O–H groups in total. The van der Waals surface area contributed by atoms with Crippen LogP contribution in [-0.4, -0.2) is 78.6 Å². The first-order chi connectivity index (χ1) is 26.7. The highest BCUT2D eigenvalue weighted by molar-refractivity contribution is 5.69. The maximum atomic E-state index is 12.4. The molecule has 0 aromatic rings. The van der Waals surface area contributed by atoms with Crippen LogP contribution in [0.5, 0.6) is 0 Å². The summed E-state index contributed by atoms with van der Waals surface area (Å²) in [6.07, 6.45) is 43.6. The highest BCUT2D eigenvalue weighted by atomic mass is 16.6. The minimum absolute atomic E-state index is 0.221. The Hall–Kier alpha value is -0.730. The van der Waals surface area contributed by atoms with E-state index in [1.807, 2.05) is 0 Å². The first-order valence-corrected chi connectivity index (χ1v) is 23.7. The number of methoxy groups -OCH3 is 1. The lowest BCUT2D eigenvalue weighted by Gasteiger charge is -2.18. The molecular weight excluding hydrogens is 677 g/mol. The van der Waals surface area contributed by atoms with E-state index in [2.05, 4.69) is 13.8 Å². The quantitative estimate of drug-likeness (QED) is 0.0450. The molecule has 1 unspecified atom stereocenters. The van der Waals surface area contributed by atoms with E-state index in [1.54, 1.807) is 7.11 Å². The first kappa shape index (κ1) is 53.3. The van der Waals surface area contributed by atoms with Crippen LogP contribution in [0.1, 0.15) is 226 Å². The Kier molecular flexibility index (Phi) is 47.8. The van der Waals surface area contributed by atoms with Gasteiger partial charge in [0.15, 0.2) is 0 Å². The second-order valence-electron chi connectivity index (χ2n) is 15.8. The number of rotatable bonds is 48. The molecule has 0 saturated heterocycles. The number of carbonyl (C=O) groups is 1. The fourth-order valence-electron chi connectivity index (χ4n) is 6.89. The summed E-state index contributed by atoms with van der Waals surface area (Å²) in [5.74, 6) is -0.260. The Morgan fingerprint density at radius 2 is 0.722 bits per heavy atom. The zero-order valence-corrected chi connectivity index (χ0v) is 36.6. The van der Waals surface area contributed by atoms with E-state index in [0.717, 1.165) is 19.4 Å². The van der Waals surface area contributed by atoms with Crippen LogP contribution >= 0.6 is 0 Å². The van der Waals surface area contributed by atoms with Gasteiger partial charge in [-0.25, -0.2) is 0 Å². The minimum atomic E-state index is -0.260. The van der Waals surface area contributed by atoms with Crippen LogP contribution < -0.4 is 0 Å². The Morgan fingerprint density at radius 1 is 0.370 bits per heavy atom. The van der Waals surface area contributed by atoms with Crippen molar-refractivity contribution in [2.45, 2.75) is 232 Å². The van der Waals surface area contributed by atoms with E-state index < -0.39 is 0 Å². The van der Waals surface area contributed by atoms with Crippen molar-refractivity contribution in [3.8, 4) is 0 Å². The number of esters is 1. The Bertz CT molecular complexity index is 691. The number of hydrogen-bond donors (Lipinski definition) is 0. The Balaban J connectivity index is 3.99. The molecule has 0 aliphatic heterocycles. The third-order valence-electron chi connectivity index (χ3n) is 10.5. The SMILES string of the molecule is CCCCCCCCCCCCCCCCCCOCC(COC(=O)CCOCCOCCOC)OCCCCCCCCCCCCCCCCCC. The number of carbonyl (C=O) groups excluding carboxylic acids is 1. The maximum absolute atomic E-state index is 12.4. The summed E-state index contributed by atoms with van der Waals surface area (Å²) >= 11 is 0. The molecule has 0 amide bonds. The first-order valence-electron chi connectivity index (χ1n) is 23.7. The monoisotopic (exact) mass is 771 g/mol. The van der Waals surface area contributed by atoms with Gasteiger partial charge in [0, 0.05) is 20.3 Å². The summed E-state index contributed by atoms with van der Waals surface area (Å²) in [6.45, 7) is 9.10. The summed E-state index contributed by atoms with van der Waals surface area (Å²) in [7, 11) is 1.65. The molecule has 0 aliphatic carbocycles. The van der Waals surface area contributed by atoms with E-state index in [1.165, 1.54) is 193 Å². The lowest BCUT2D eigenvalue weighted by molar-refractivity contribution is -0.151. The zero-order chi connectivity index (χ0) is 39.1. The largest absolute Gasteiger partial charge is 0.463 e. The van der Waals surface area contributed by atoms with E-state index in [0.29, 0.717) is 46.2 Å². The lowest BCUT2D eigenvalue weighted by atomic mass is 10.0. The average molecular weight is 771 g/mol. The molecule has 0 radical (unpaired) electrons. The summed E-state index contributed by atoms with van der Waals surface area (Å²) < 4.78 is 33.6. The zero-order valence-electron chi connectivity index (χ0n) is 36.6. The maximum Gasteiger partial charge on any atom is 0.308 e. The van der Waals surface area contributed by atoms with Gasteiger partial charge in [0.05, 0.1) is 46.1 Å². The Labute approximate surface area is 336 Å². The third kappa shape index (κ3) is 45.7. The topological polar surface area (TPSA) is 72.5 Å². The van der Waals surface area contributed by atoms with Crippen LogP contribution in [0.2, 0.25) is 0 Å². The highest BCUT2D eigenvalue weighted by Crippen LogP contribution is 2.15. The minimum Gasteiger partial charge on any atom is -0.463 e. The third-order valence-corrected chi connectivity index (χ3v) is 10.5.